The molecule has 0 aromatic carbocycles. The number of hydrogen-bond donors (Lipinski definition) is 2. The van der Waals surface area contributed by atoms with Crippen LogP contribution in [0.5, 0.6) is 0 Å². The summed E-state index contributed by atoms with van der Waals surface area (Å²) in [6, 6.07) is 2.14. The van der Waals surface area contributed by atoms with E-state index in [9.17, 15) is 14.0 Å². The molecular formula is C20H19FN6O3. The highest BCUT2D eigenvalue weighted by atomic mass is 19.1. The van der Waals surface area contributed by atoms with Crippen LogP contribution in [-0.4, -0.2) is 41.9 Å². The van der Waals surface area contributed by atoms with Gasteiger partial charge in [0.15, 0.2) is 0 Å². The van der Waals surface area contributed by atoms with Gasteiger partial charge in [0.1, 0.15) is 11.5 Å². The SMILES string of the molecule is O=C(O)c1cncc(-n2cc(C(CC3CCC3)NC(=O)c3cncc(F)c3)nn2)c1. The van der Waals surface area contributed by atoms with Crippen LogP contribution in [-0.2, 0) is 0 Å². The maximum atomic E-state index is 13.4. The number of carboxylic acids is 1. The Morgan fingerprint density at radius 1 is 1.17 bits per heavy atom. The molecule has 1 unspecified atom stereocenters. The van der Waals surface area contributed by atoms with E-state index in [1.807, 2.05) is 0 Å². The highest BCUT2D eigenvalue weighted by Gasteiger charge is 2.27. The average Bonchev–Trinajstić information content (AvgIpc) is 3.20. The Balaban J connectivity index is 1.57. The lowest BCUT2D eigenvalue weighted by atomic mass is 9.80. The lowest BCUT2D eigenvalue weighted by molar-refractivity contribution is 0.0696. The quantitative estimate of drug-likeness (QED) is 0.614. The Kier molecular flexibility index (Phi) is 5.46. The summed E-state index contributed by atoms with van der Waals surface area (Å²) >= 11 is 0. The van der Waals surface area contributed by atoms with Gasteiger partial charge in [-0.1, -0.05) is 24.5 Å². The smallest absolute Gasteiger partial charge is 0.337 e. The molecule has 9 nitrogen and oxygen atoms in total. The second-order valence-electron chi connectivity index (χ2n) is 7.28. The number of carbonyl (C=O) groups is 2. The van der Waals surface area contributed by atoms with Gasteiger partial charge < -0.3 is 10.4 Å². The lowest BCUT2D eigenvalue weighted by Gasteiger charge is -2.29. The Labute approximate surface area is 171 Å². The van der Waals surface area contributed by atoms with E-state index in [-0.39, 0.29) is 11.1 Å². The largest absolute Gasteiger partial charge is 0.478 e. The molecule has 3 aromatic rings. The third-order valence-electron chi connectivity index (χ3n) is 5.17. The number of rotatable bonds is 7. The van der Waals surface area contributed by atoms with E-state index in [0.717, 1.165) is 31.5 Å². The second-order valence-corrected chi connectivity index (χ2v) is 7.28. The van der Waals surface area contributed by atoms with Gasteiger partial charge in [0.05, 0.1) is 41.4 Å². The molecule has 1 fully saturated rings. The van der Waals surface area contributed by atoms with Gasteiger partial charge in [0, 0.05) is 12.4 Å². The van der Waals surface area contributed by atoms with E-state index in [1.54, 1.807) is 6.20 Å². The number of halogens is 1. The van der Waals surface area contributed by atoms with E-state index < -0.39 is 23.7 Å². The normalized spacial score (nSPS) is 14.7. The molecule has 3 aromatic heterocycles. The first-order chi connectivity index (χ1) is 14.5. The zero-order chi connectivity index (χ0) is 21.1. The molecule has 0 aliphatic heterocycles. The third-order valence-corrected chi connectivity index (χ3v) is 5.17. The number of aromatic carboxylic acids is 1. The minimum atomic E-state index is -1.09. The predicted octanol–water partition coefficient (Wildman–Crippen LogP) is 2.56. The van der Waals surface area contributed by atoms with Crippen molar-refractivity contribution in [2.24, 2.45) is 5.92 Å². The van der Waals surface area contributed by atoms with Crippen molar-refractivity contribution in [1.29, 1.82) is 0 Å². The number of hydrogen-bond acceptors (Lipinski definition) is 6. The molecule has 1 amide bonds. The van der Waals surface area contributed by atoms with Crippen molar-refractivity contribution in [2.75, 3.05) is 0 Å². The van der Waals surface area contributed by atoms with Crippen LogP contribution in [0.4, 0.5) is 4.39 Å². The molecule has 0 spiro atoms. The maximum Gasteiger partial charge on any atom is 0.337 e. The standard InChI is InChI=1S/C20H19FN6O3/c21-15-5-13(7-22-9-15)19(28)24-17(4-12-2-1-3-12)18-11-27(26-25-18)16-6-14(20(29)30)8-23-10-16/h5-12,17H,1-4H2,(H,24,28)(H,29,30). The van der Waals surface area contributed by atoms with Crippen molar-refractivity contribution in [3.05, 3.63) is 65.8 Å². The van der Waals surface area contributed by atoms with Gasteiger partial charge >= 0.3 is 5.97 Å². The summed E-state index contributed by atoms with van der Waals surface area (Å²) in [6.07, 6.45) is 10.7. The Morgan fingerprint density at radius 2 is 1.93 bits per heavy atom. The summed E-state index contributed by atoms with van der Waals surface area (Å²) < 4.78 is 14.8. The average molecular weight is 410 g/mol. The zero-order valence-corrected chi connectivity index (χ0v) is 15.9. The van der Waals surface area contributed by atoms with Crippen molar-refractivity contribution < 1.29 is 19.1 Å². The fourth-order valence-corrected chi connectivity index (χ4v) is 3.33. The van der Waals surface area contributed by atoms with Crippen molar-refractivity contribution in [3.8, 4) is 5.69 Å². The van der Waals surface area contributed by atoms with E-state index in [4.69, 9.17) is 5.11 Å². The molecule has 0 saturated heterocycles. The van der Waals surface area contributed by atoms with Gasteiger partial charge in [0.2, 0.25) is 0 Å². The first-order valence-electron chi connectivity index (χ1n) is 9.52. The molecule has 154 valence electrons. The second kappa shape index (κ2) is 8.36. The van der Waals surface area contributed by atoms with Crippen LogP contribution in [0.2, 0.25) is 0 Å². The van der Waals surface area contributed by atoms with Gasteiger partial charge in [-0.25, -0.2) is 13.9 Å². The van der Waals surface area contributed by atoms with Crippen LogP contribution in [0.15, 0.2) is 43.1 Å². The summed E-state index contributed by atoms with van der Waals surface area (Å²) in [5, 5.41) is 20.3. The molecule has 10 heteroatoms. The fourth-order valence-electron chi connectivity index (χ4n) is 3.33. The number of aromatic nitrogens is 5. The van der Waals surface area contributed by atoms with Gasteiger partial charge in [0.25, 0.3) is 5.91 Å². The van der Waals surface area contributed by atoms with Crippen molar-refractivity contribution in [1.82, 2.24) is 30.3 Å². The number of nitrogens with one attached hydrogen (secondary N) is 1. The molecule has 1 saturated carbocycles. The summed E-state index contributed by atoms with van der Waals surface area (Å²) in [7, 11) is 0. The van der Waals surface area contributed by atoms with Crippen LogP contribution in [0.1, 0.15) is 58.1 Å². The van der Waals surface area contributed by atoms with Gasteiger partial charge in [-0.05, 0) is 24.5 Å². The molecule has 0 radical (unpaired) electrons. The minimum absolute atomic E-state index is 0.0301. The predicted molar refractivity (Wildman–Crippen MR) is 102 cm³/mol. The molecule has 30 heavy (non-hydrogen) atoms. The molecular weight excluding hydrogens is 391 g/mol. The van der Waals surface area contributed by atoms with Crippen molar-refractivity contribution >= 4 is 11.9 Å². The maximum absolute atomic E-state index is 13.4. The summed E-state index contributed by atoms with van der Waals surface area (Å²) in [4.78, 5) is 31.4. The molecule has 4 rings (SSSR count). The lowest BCUT2D eigenvalue weighted by Crippen LogP contribution is -2.31. The van der Waals surface area contributed by atoms with E-state index in [0.29, 0.717) is 23.7 Å². The molecule has 0 bridgehead atoms. The van der Waals surface area contributed by atoms with Crippen LogP contribution >= 0.6 is 0 Å². The summed E-state index contributed by atoms with van der Waals surface area (Å²) in [6.45, 7) is 0. The molecule has 1 atom stereocenters. The summed E-state index contributed by atoms with van der Waals surface area (Å²) in [5.74, 6) is -1.67. The Bertz CT molecular complexity index is 1080. The Hall–Kier alpha value is -3.69. The van der Waals surface area contributed by atoms with Crippen molar-refractivity contribution in [3.63, 3.8) is 0 Å². The first-order valence-corrected chi connectivity index (χ1v) is 9.52. The third kappa shape index (κ3) is 4.32. The number of pyridine rings is 2. The van der Waals surface area contributed by atoms with Gasteiger partial charge in [-0.3, -0.25) is 14.8 Å². The number of carboxylic acid groups (broad SMARTS) is 1. The van der Waals surface area contributed by atoms with E-state index >= 15 is 0 Å². The van der Waals surface area contributed by atoms with E-state index in [1.165, 1.54) is 29.3 Å². The zero-order valence-electron chi connectivity index (χ0n) is 15.9. The molecule has 1 aliphatic rings. The van der Waals surface area contributed by atoms with Crippen molar-refractivity contribution in [2.45, 2.75) is 31.7 Å². The number of nitrogens with zero attached hydrogens (tertiary/aromatic N) is 5. The number of carbonyl (C=O) groups excluding carboxylic acids is 1. The van der Waals surface area contributed by atoms with E-state index in [2.05, 4.69) is 25.6 Å². The van der Waals surface area contributed by atoms with Crippen LogP contribution in [0, 0.1) is 11.7 Å². The minimum Gasteiger partial charge on any atom is -0.478 e. The fraction of sp³-hybridized carbons (Fsp3) is 0.300. The van der Waals surface area contributed by atoms with Gasteiger partial charge in [-0.2, -0.15) is 0 Å². The monoisotopic (exact) mass is 410 g/mol. The van der Waals surface area contributed by atoms with Crippen LogP contribution in [0.25, 0.3) is 5.69 Å². The summed E-state index contributed by atoms with van der Waals surface area (Å²) in [5.41, 5.74) is 1.12. The molecule has 2 N–H and O–H groups in total. The topological polar surface area (TPSA) is 123 Å². The first kappa shape index (κ1) is 19.6. The van der Waals surface area contributed by atoms with Gasteiger partial charge in [-0.15, -0.1) is 5.10 Å². The highest BCUT2D eigenvalue weighted by molar-refractivity contribution is 5.94. The molecule has 1 aliphatic carbocycles. The number of amides is 1. The highest BCUT2D eigenvalue weighted by Crippen LogP contribution is 2.34. The van der Waals surface area contributed by atoms with Crippen LogP contribution < -0.4 is 5.32 Å². The molecule has 3 heterocycles. The Morgan fingerprint density at radius 3 is 2.63 bits per heavy atom. The van der Waals surface area contributed by atoms with Crippen LogP contribution in [0.3, 0.4) is 0 Å².